The highest BCUT2D eigenvalue weighted by atomic mass is 35.5. The fraction of sp³-hybridized carbons (Fsp3) is 0.421. The van der Waals surface area contributed by atoms with Crippen molar-refractivity contribution in [1.82, 2.24) is 0 Å². The molecule has 5 heteroatoms. The maximum atomic E-state index is 11.2. The summed E-state index contributed by atoms with van der Waals surface area (Å²) in [5.41, 5.74) is 0.180. The number of rotatable bonds is 3. The van der Waals surface area contributed by atoms with Crippen LogP contribution in [0, 0.1) is 5.92 Å². The van der Waals surface area contributed by atoms with E-state index < -0.39 is 22.2 Å². The van der Waals surface area contributed by atoms with Crippen molar-refractivity contribution in [3.05, 3.63) is 48.1 Å². The maximum absolute atomic E-state index is 11.2. The van der Waals surface area contributed by atoms with E-state index in [4.69, 9.17) is 16.7 Å². The lowest BCUT2D eigenvalue weighted by atomic mass is 9.60. The number of phenols is 2. The molecule has 0 unspecified atom stereocenters. The van der Waals surface area contributed by atoms with E-state index >= 15 is 0 Å². The largest absolute Gasteiger partial charge is 0.508 e. The fourth-order valence-corrected chi connectivity index (χ4v) is 4.47. The minimum atomic E-state index is -0.911. The SMILES string of the molecule is O=C(O)[C@H]1C=C[C@@](Cl)(C2(c3ccc(O)cc3O)CCCCC2)C=C1. The molecule has 3 N–H and O–H groups in total. The zero-order chi connectivity index (χ0) is 17.4. The van der Waals surface area contributed by atoms with E-state index in [1.807, 2.05) is 0 Å². The Morgan fingerprint density at radius 3 is 2.25 bits per heavy atom. The van der Waals surface area contributed by atoms with Crippen LogP contribution in [0.3, 0.4) is 0 Å². The topological polar surface area (TPSA) is 77.8 Å². The number of phenolic OH excluding ortho intramolecular Hbond substituents is 2. The van der Waals surface area contributed by atoms with Crippen molar-refractivity contribution in [3.63, 3.8) is 0 Å². The van der Waals surface area contributed by atoms with Gasteiger partial charge in [0.1, 0.15) is 11.5 Å². The minimum Gasteiger partial charge on any atom is -0.508 e. The van der Waals surface area contributed by atoms with Gasteiger partial charge in [-0.2, -0.15) is 0 Å². The minimum absolute atomic E-state index is 0.00602. The summed E-state index contributed by atoms with van der Waals surface area (Å²) in [6, 6.07) is 4.62. The zero-order valence-corrected chi connectivity index (χ0v) is 14.0. The molecular weight excluding hydrogens is 328 g/mol. The molecule has 1 aromatic carbocycles. The summed E-state index contributed by atoms with van der Waals surface area (Å²) in [4.78, 5) is 10.3. The first-order valence-electron chi connectivity index (χ1n) is 8.21. The van der Waals surface area contributed by atoms with Crippen LogP contribution in [0.1, 0.15) is 37.7 Å². The Morgan fingerprint density at radius 2 is 1.71 bits per heavy atom. The van der Waals surface area contributed by atoms with E-state index in [2.05, 4.69) is 0 Å². The summed E-state index contributed by atoms with van der Waals surface area (Å²) < 4.78 is 0. The van der Waals surface area contributed by atoms with Gasteiger partial charge in [-0.25, -0.2) is 0 Å². The first-order chi connectivity index (χ1) is 11.4. The van der Waals surface area contributed by atoms with E-state index in [0.29, 0.717) is 5.56 Å². The Balaban J connectivity index is 2.09. The number of carbonyl (C=O) groups is 1. The molecule has 2 aliphatic carbocycles. The van der Waals surface area contributed by atoms with Crippen molar-refractivity contribution >= 4 is 17.6 Å². The van der Waals surface area contributed by atoms with Crippen LogP contribution in [0.25, 0.3) is 0 Å². The van der Waals surface area contributed by atoms with Crippen LogP contribution in [0.5, 0.6) is 11.5 Å². The molecule has 1 aromatic rings. The first kappa shape index (κ1) is 16.9. The van der Waals surface area contributed by atoms with Gasteiger partial charge >= 0.3 is 5.97 Å². The number of hydrogen-bond acceptors (Lipinski definition) is 3. The Labute approximate surface area is 146 Å². The zero-order valence-electron chi connectivity index (χ0n) is 13.3. The van der Waals surface area contributed by atoms with Crippen LogP contribution in [0.2, 0.25) is 0 Å². The molecule has 1 saturated carbocycles. The van der Waals surface area contributed by atoms with Gasteiger partial charge in [-0.3, -0.25) is 4.79 Å². The Bertz CT molecular complexity index is 687. The molecule has 0 bridgehead atoms. The molecule has 0 saturated heterocycles. The summed E-state index contributed by atoms with van der Waals surface area (Å²) in [5, 5.41) is 29.2. The average molecular weight is 349 g/mol. The normalized spacial score (nSPS) is 28.6. The third-order valence-corrected chi connectivity index (χ3v) is 5.93. The lowest BCUT2D eigenvalue weighted by Gasteiger charge is -2.48. The molecule has 24 heavy (non-hydrogen) atoms. The number of carboxylic acid groups (broad SMARTS) is 1. The van der Waals surface area contributed by atoms with Gasteiger partial charge in [0.25, 0.3) is 0 Å². The second kappa shape index (κ2) is 6.17. The van der Waals surface area contributed by atoms with E-state index in [1.165, 1.54) is 6.07 Å². The summed E-state index contributed by atoms with van der Waals surface area (Å²) in [6.07, 6.45) is 11.4. The lowest BCUT2D eigenvalue weighted by molar-refractivity contribution is -0.138. The second-order valence-corrected chi connectivity index (χ2v) is 7.32. The molecule has 4 nitrogen and oxygen atoms in total. The predicted molar refractivity (Wildman–Crippen MR) is 92.5 cm³/mol. The molecule has 0 spiro atoms. The summed E-state index contributed by atoms with van der Waals surface area (Å²) in [6.45, 7) is 0. The van der Waals surface area contributed by atoms with Crippen LogP contribution in [0.15, 0.2) is 42.5 Å². The van der Waals surface area contributed by atoms with Crippen LogP contribution >= 0.6 is 11.6 Å². The highest BCUT2D eigenvalue weighted by molar-refractivity contribution is 6.28. The number of carboxylic acids is 1. The fourth-order valence-electron chi connectivity index (χ4n) is 4.03. The van der Waals surface area contributed by atoms with Gasteiger partial charge in [-0.15, -0.1) is 11.6 Å². The quantitative estimate of drug-likeness (QED) is 0.567. The maximum Gasteiger partial charge on any atom is 0.314 e. The summed E-state index contributed by atoms with van der Waals surface area (Å²) in [7, 11) is 0. The van der Waals surface area contributed by atoms with Gasteiger partial charge in [0.15, 0.2) is 0 Å². The smallest absolute Gasteiger partial charge is 0.314 e. The number of aromatic hydroxyl groups is 2. The van der Waals surface area contributed by atoms with Crippen molar-refractivity contribution in [1.29, 1.82) is 0 Å². The van der Waals surface area contributed by atoms with Gasteiger partial charge in [-0.1, -0.05) is 49.6 Å². The molecule has 128 valence electrons. The van der Waals surface area contributed by atoms with Gasteiger partial charge < -0.3 is 15.3 Å². The van der Waals surface area contributed by atoms with Gasteiger partial charge in [0.2, 0.25) is 0 Å². The molecular formula is C19H21ClO4. The number of benzene rings is 1. The lowest BCUT2D eigenvalue weighted by Crippen LogP contribution is -2.47. The van der Waals surface area contributed by atoms with E-state index in [1.54, 1.807) is 36.4 Å². The highest BCUT2D eigenvalue weighted by Gasteiger charge is 2.51. The van der Waals surface area contributed by atoms with Crippen molar-refractivity contribution in [2.45, 2.75) is 42.4 Å². The van der Waals surface area contributed by atoms with Crippen molar-refractivity contribution < 1.29 is 20.1 Å². The molecule has 0 radical (unpaired) electrons. The summed E-state index contributed by atoms with van der Waals surface area (Å²) in [5.74, 6) is -1.55. The number of allylic oxidation sites excluding steroid dienone is 2. The number of alkyl halides is 1. The standard InChI is InChI=1S/C19H21ClO4/c20-19(10-6-13(7-11-19)17(23)24)18(8-2-1-3-9-18)15-5-4-14(21)12-16(15)22/h4-7,10-13,21-22H,1-3,8-9H2,(H,23,24)/t13-,19-. The molecule has 1 fully saturated rings. The third kappa shape index (κ3) is 2.69. The summed E-state index contributed by atoms with van der Waals surface area (Å²) >= 11 is 6.99. The average Bonchev–Trinajstić information content (AvgIpc) is 2.55. The molecule has 0 aromatic heterocycles. The van der Waals surface area contributed by atoms with E-state index in [-0.39, 0.29) is 11.5 Å². The number of halogens is 1. The molecule has 0 heterocycles. The highest BCUT2D eigenvalue weighted by Crippen LogP contribution is 2.55. The number of hydrogen-bond donors (Lipinski definition) is 3. The van der Waals surface area contributed by atoms with Crippen molar-refractivity contribution in [3.8, 4) is 11.5 Å². The van der Waals surface area contributed by atoms with Gasteiger partial charge in [-0.05, 0) is 18.9 Å². The Hall–Kier alpha value is -1.94. The van der Waals surface area contributed by atoms with Crippen LogP contribution in [-0.2, 0) is 10.2 Å². The molecule has 0 aliphatic heterocycles. The van der Waals surface area contributed by atoms with Gasteiger partial charge in [0, 0.05) is 17.0 Å². The van der Waals surface area contributed by atoms with Crippen LogP contribution in [0.4, 0.5) is 0 Å². The molecule has 0 atom stereocenters. The van der Waals surface area contributed by atoms with Crippen LogP contribution < -0.4 is 0 Å². The van der Waals surface area contributed by atoms with E-state index in [0.717, 1.165) is 32.1 Å². The third-order valence-electron chi connectivity index (χ3n) is 5.31. The molecule has 0 amide bonds. The number of aliphatic carboxylic acids is 1. The predicted octanol–water partition coefficient (Wildman–Crippen LogP) is 4.10. The van der Waals surface area contributed by atoms with E-state index in [9.17, 15) is 15.0 Å². The van der Waals surface area contributed by atoms with Crippen molar-refractivity contribution in [2.24, 2.45) is 5.92 Å². The Kier molecular flexibility index (Phi) is 4.35. The second-order valence-electron chi connectivity index (χ2n) is 6.69. The monoisotopic (exact) mass is 348 g/mol. The van der Waals surface area contributed by atoms with Gasteiger partial charge in [0.05, 0.1) is 10.8 Å². The van der Waals surface area contributed by atoms with Crippen molar-refractivity contribution in [2.75, 3.05) is 0 Å². The Morgan fingerprint density at radius 1 is 1.08 bits per heavy atom. The molecule has 2 aliphatic rings. The molecule has 3 rings (SSSR count). The van der Waals surface area contributed by atoms with Crippen LogP contribution in [-0.4, -0.2) is 26.2 Å². The first-order valence-corrected chi connectivity index (χ1v) is 8.59.